The molecular formula is C16H25N3O2. The zero-order valence-electron chi connectivity index (χ0n) is 12.6. The van der Waals surface area contributed by atoms with Crippen LogP contribution in [0.25, 0.3) is 0 Å². The van der Waals surface area contributed by atoms with E-state index in [1.165, 1.54) is 19.4 Å². The van der Waals surface area contributed by atoms with E-state index in [4.69, 9.17) is 4.74 Å². The number of nitrogens with zero attached hydrogens (tertiary/aromatic N) is 3. The lowest BCUT2D eigenvalue weighted by atomic mass is 9.96. The van der Waals surface area contributed by atoms with Crippen molar-refractivity contribution in [1.82, 2.24) is 9.88 Å². The molecule has 21 heavy (non-hydrogen) atoms. The fourth-order valence-corrected chi connectivity index (χ4v) is 3.43. The summed E-state index contributed by atoms with van der Waals surface area (Å²) in [5.41, 5.74) is 2.09. The molecule has 1 aromatic heterocycles. The number of ether oxygens (including phenoxy) is 1. The summed E-state index contributed by atoms with van der Waals surface area (Å²) in [5.74, 6) is 0.705. The van der Waals surface area contributed by atoms with E-state index in [1.807, 2.05) is 12.3 Å². The molecule has 0 aliphatic carbocycles. The van der Waals surface area contributed by atoms with Crippen LogP contribution in [-0.2, 0) is 11.3 Å². The van der Waals surface area contributed by atoms with Crippen LogP contribution in [0.2, 0.25) is 0 Å². The van der Waals surface area contributed by atoms with Crippen LogP contribution in [0.4, 0.5) is 5.69 Å². The van der Waals surface area contributed by atoms with E-state index in [0.29, 0.717) is 5.92 Å². The van der Waals surface area contributed by atoms with Crippen LogP contribution in [0.3, 0.4) is 0 Å². The van der Waals surface area contributed by atoms with Gasteiger partial charge in [-0.2, -0.15) is 0 Å². The number of rotatable bonds is 4. The van der Waals surface area contributed by atoms with Gasteiger partial charge in [0.1, 0.15) is 0 Å². The van der Waals surface area contributed by atoms with Gasteiger partial charge in [0.2, 0.25) is 0 Å². The normalized spacial score (nSPS) is 24.2. The van der Waals surface area contributed by atoms with Gasteiger partial charge in [0, 0.05) is 56.4 Å². The molecule has 0 saturated carbocycles. The largest absolute Gasteiger partial charge is 0.392 e. The molecule has 3 rings (SSSR count). The number of anilines is 1. The predicted molar refractivity (Wildman–Crippen MR) is 82.4 cm³/mol. The van der Waals surface area contributed by atoms with Gasteiger partial charge in [0.05, 0.1) is 19.8 Å². The smallest absolute Gasteiger partial charge is 0.0717 e. The fraction of sp³-hybridized carbons (Fsp3) is 0.688. The number of aliphatic hydroxyl groups is 1. The first kappa shape index (κ1) is 14.8. The highest BCUT2D eigenvalue weighted by molar-refractivity contribution is 5.52. The maximum atomic E-state index is 9.49. The van der Waals surface area contributed by atoms with Crippen molar-refractivity contribution >= 4 is 5.69 Å². The van der Waals surface area contributed by atoms with E-state index in [0.717, 1.165) is 50.6 Å². The lowest BCUT2D eigenvalue weighted by Gasteiger charge is -2.38. The molecule has 0 amide bonds. The third kappa shape index (κ3) is 3.73. The fourth-order valence-electron chi connectivity index (χ4n) is 3.43. The number of hydrogen-bond donors (Lipinski definition) is 1. The molecule has 5 heteroatoms. The van der Waals surface area contributed by atoms with Crippen LogP contribution in [0.15, 0.2) is 18.5 Å². The van der Waals surface area contributed by atoms with Gasteiger partial charge in [-0.05, 0) is 24.8 Å². The van der Waals surface area contributed by atoms with Gasteiger partial charge >= 0.3 is 0 Å². The first-order valence-electron chi connectivity index (χ1n) is 7.95. The minimum absolute atomic E-state index is 0.0633. The van der Waals surface area contributed by atoms with Crippen molar-refractivity contribution in [2.24, 2.45) is 5.92 Å². The summed E-state index contributed by atoms with van der Waals surface area (Å²) in [6.07, 6.45) is 6.12. The van der Waals surface area contributed by atoms with E-state index >= 15 is 0 Å². The molecule has 0 spiro atoms. The van der Waals surface area contributed by atoms with Gasteiger partial charge in [-0.15, -0.1) is 0 Å². The molecule has 3 heterocycles. The van der Waals surface area contributed by atoms with Crippen molar-refractivity contribution in [2.75, 3.05) is 50.8 Å². The molecule has 1 atom stereocenters. The summed E-state index contributed by atoms with van der Waals surface area (Å²) >= 11 is 0. The molecule has 0 bridgehead atoms. The third-order valence-electron chi connectivity index (χ3n) is 4.53. The number of pyridine rings is 1. The Morgan fingerprint density at radius 3 is 2.95 bits per heavy atom. The first-order valence-corrected chi connectivity index (χ1v) is 7.95. The van der Waals surface area contributed by atoms with Crippen molar-refractivity contribution < 1.29 is 9.84 Å². The molecule has 0 aromatic carbocycles. The van der Waals surface area contributed by atoms with Crippen LogP contribution in [-0.4, -0.2) is 60.9 Å². The average molecular weight is 291 g/mol. The summed E-state index contributed by atoms with van der Waals surface area (Å²) in [6, 6.07) is 2.03. The van der Waals surface area contributed by atoms with Crippen LogP contribution in [0.1, 0.15) is 18.4 Å². The molecule has 2 saturated heterocycles. The van der Waals surface area contributed by atoms with E-state index in [2.05, 4.69) is 14.8 Å². The second-order valence-corrected chi connectivity index (χ2v) is 6.03. The van der Waals surface area contributed by atoms with Gasteiger partial charge < -0.3 is 14.7 Å². The molecule has 5 nitrogen and oxygen atoms in total. The van der Waals surface area contributed by atoms with Gasteiger partial charge in [-0.25, -0.2) is 0 Å². The highest BCUT2D eigenvalue weighted by Gasteiger charge is 2.24. The van der Waals surface area contributed by atoms with E-state index in [9.17, 15) is 5.11 Å². The summed E-state index contributed by atoms with van der Waals surface area (Å²) in [4.78, 5) is 9.06. The Morgan fingerprint density at radius 1 is 1.29 bits per heavy atom. The Labute approximate surface area is 126 Å². The zero-order valence-corrected chi connectivity index (χ0v) is 12.6. The number of hydrogen-bond acceptors (Lipinski definition) is 5. The molecule has 1 aromatic rings. The van der Waals surface area contributed by atoms with E-state index in [1.54, 1.807) is 6.20 Å². The molecule has 0 unspecified atom stereocenters. The Morgan fingerprint density at radius 2 is 2.14 bits per heavy atom. The Hall–Kier alpha value is -1.17. The van der Waals surface area contributed by atoms with Crippen LogP contribution in [0.5, 0.6) is 0 Å². The Bertz CT molecular complexity index is 449. The highest BCUT2D eigenvalue weighted by Crippen LogP contribution is 2.26. The van der Waals surface area contributed by atoms with E-state index < -0.39 is 0 Å². The summed E-state index contributed by atoms with van der Waals surface area (Å²) < 4.78 is 5.42. The Kier molecular flexibility index (Phi) is 5.06. The van der Waals surface area contributed by atoms with E-state index in [-0.39, 0.29) is 6.61 Å². The maximum absolute atomic E-state index is 9.49. The SMILES string of the molecule is OCc1cnccc1N1CCC[C@H](CN2CCOCC2)C1. The second-order valence-electron chi connectivity index (χ2n) is 6.03. The number of morpholine rings is 1. The third-order valence-corrected chi connectivity index (χ3v) is 4.53. The first-order chi connectivity index (χ1) is 10.4. The summed E-state index contributed by atoms with van der Waals surface area (Å²) in [5, 5.41) is 9.49. The standard InChI is InChI=1S/C16H25N3O2/c20-13-15-10-17-4-3-16(15)19-5-1-2-14(12-19)11-18-6-8-21-9-7-18/h3-4,10,14,20H,1-2,5-9,11-13H2/t14-/m1/s1. The van der Waals surface area contributed by atoms with Gasteiger partial charge in [0.15, 0.2) is 0 Å². The maximum Gasteiger partial charge on any atom is 0.0717 e. The number of aromatic nitrogens is 1. The average Bonchev–Trinajstić information content (AvgIpc) is 2.56. The van der Waals surface area contributed by atoms with Crippen LogP contribution in [0, 0.1) is 5.92 Å². The molecule has 2 fully saturated rings. The molecular weight excluding hydrogens is 266 g/mol. The number of aliphatic hydroxyl groups excluding tert-OH is 1. The predicted octanol–water partition coefficient (Wildman–Crippen LogP) is 1.12. The topological polar surface area (TPSA) is 48.8 Å². The molecule has 116 valence electrons. The van der Waals surface area contributed by atoms with Crippen LogP contribution >= 0.6 is 0 Å². The van der Waals surface area contributed by atoms with Gasteiger partial charge in [-0.1, -0.05) is 0 Å². The van der Waals surface area contributed by atoms with Crippen molar-refractivity contribution in [3.8, 4) is 0 Å². The number of piperidine rings is 1. The van der Waals surface area contributed by atoms with Crippen LogP contribution < -0.4 is 4.90 Å². The molecule has 1 N–H and O–H groups in total. The Balaban J connectivity index is 1.62. The second kappa shape index (κ2) is 7.20. The quantitative estimate of drug-likeness (QED) is 0.901. The molecule has 2 aliphatic heterocycles. The van der Waals surface area contributed by atoms with Crippen molar-refractivity contribution in [1.29, 1.82) is 0 Å². The lowest BCUT2D eigenvalue weighted by Crippen LogP contribution is -2.44. The van der Waals surface area contributed by atoms with Crippen molar-refractivity contribution in [3.63, 3.8) is 0 Å². The molecule has 0 radical (unpaired) electrons. The minimum atomic E-state index is 0.0633. The van der Waals surface area contributed by atoms with Crippen molar-refractivity contribution in [3.05, 3.63) is 24.0 Å². The van der Waals surface area contributed by atoms with Crippen molar-refractivity contribution in [2.45, 2.75) is 19.4 Å². The lowest BCUT2D eigenvalue weighted by molar-refractivity contribution is 0.0296. The summed E-state index contributed by atoms with van der Waals surface area (Å²) in [6.45, 7) is 7.25. The zero-order chi connectivity index (χ0) is 14.5. The van der Waals surface area contributed by atoms with Gasteiger partial charge in [-0.3, -0.25) is 9.88 Å². The minimum Gasteiger partial charge on any atom is -0.392 e. The summed E-state index contributed by atoms with van der Waals surface area (Å²) in [7, 11) is 0. The van der Waals surface area contributed by atoms with Gasteiger partial charge in [0.25, 0.3) is 0 Å². The highest BCUT2D eigenvalue weighted by atomic mass is 16.5. The monoisotopic (exact) mass is 291 g/mol. The molecule has 2 aliphatic rings.